The monoisotopic (exact) mass is 471 g/mol. The number of esters is 2. The van der Waals surface area contributed by atoms with E-state index in [9.17, 15) is 19.2 Å². The molecule has 0 aromatic heterocycles. The van der Waals surface area contributed by atoms with Gasteiger partial charge in [-0.15, -0.1) is 0 Å². The third-order valence-corrected chi connectivity index (χ3v) is 4.45. The van der Waals surface area contributed by atoms with Gasteiger partial charge in [-0.3, -0.25) is 14.9 Å². The molecule has 9 nitrogen and oxygen atoms in total. The predicted molar refractivity (Wildman–Crippen MR) is 124 cm³/mol. The molecule has 0 radical (unpaired) electrons. The maximum Gasteiger partial charge on any atom is 0.328 e. The first-order valence-corrected chi connectivity index (χ1v) is 10.4. The summed E-state index contributed by atoms with van der Waals surface area (Å²) in [5, 5.41) is 18.6. The van der Waals surface area contributed by atoms with Crippen molar-refractivity contribution in [2.45, 2.75) is 38.5 Å². The number of methoxy groups -OCH3 is 1. The van der Waals surface area contributed by atoms with Crippen LogP contribution in [0.25, 0.3) is 0 Å². The summed E-state index contributed by atoms with van der Waals surface area (Å²) < 4.78 is 10.2. The largest absolute Gasteiger partial charge is 0.478 e. The third-order valence-electron chi connectivity index (χ3n) is 4.45. The van der Waals surface area contributed by atoms with Crippen molar-refractivity contribution in [3.63, 3.8) is 0 Å². The number of benzene rings is 2. The van der Waals surface area contributed by atoms with Crippen LogP contribution in [0, 0.1) is 0 Å². The Kier molecular flexibility index (Phi) is 13.0. The lowest BCUT2D eigenvalue weighted by Crippen LogP contribution is -2.46. The Morgan fingerprint density at radius 2 is 1.35 bits per heavy atom. The summed E-state index contributed by atoms with van der Waals surface area (Å²) in [6.45, 7) is 1.89. The van der Waals surface area contributed by atoms with Crippen molar-refractivity contribution < 1.29 is 38.9 Å². The van der Waals surface area contributed by atoms with Gasteiger partial charge in [0.25, 0.3) is 0 Å². The summed E-state index contributed by atoms with van der Waals surface area (Å²) in [7, 11) is 1.35. The number of carboxylic acid groups (broad SMARTS) is 2. The van der Waals surface area contributed by atoms with E-state index in [-0.39, 0.29) is 12.6 Å². The van der Waals surface area contributed by atoms with Crippen molar-refractivity contribution in [1.29, 1.82) is 0 Å². The molecular weight excluding hydrogens is 442 g/mol. The molecule has 0 heterocycles. The number of carbonyl (C=O) groups is 4. The van der Waals surface area contributed by atoms with E-state index in [1.807, 2.05) is 60.7 Å². The maximum absolute atomic E-state index is 12.2. The Morgan fingerprint density at radius 1 is 0.853 bits per heavy atom. The van der Waals surface area contributed by atoms with Gasteiger partial charge in [0.2, 0.25) is 0 Å². The second-order valence-corrected chi connectivity index (χ2v) is 7.09. The van der Waals surface area contributed by atoms with Crippen molar-refractivity contribution >= 4 is 23.9 Å². The van der Waals surface area contributed by atoms with Gasteiger partial charge in [-0.25, -0.2) is 9.59 Å². The van der Waals surface area contributed by atoms with E-state index in [4.69, 9.17) is 19.7 Å². The molecule has 0 fully saturated rings. The van der Waals surface area contributed by atoms with E-state index in [1.165, 1.54) is 7.11 Å². The molecule has 34 heavy (non-hydrogen) atoms. The Hall–Kier alpha value is -3.98. The zero-order valence-electron chi connectivity index (χ0n) is 19.0. The van der Waals surface area contributed by atoms with Gasteiger partial charge in [-0.05, 0) is 30.9 Å². The minimum Gasteiger partial charge on any atom is -0.478 e. The molecule has 0 aliphatic heterocycles. The van der Waals surface area contributed by atoms with Gasteiger partial charge in [0.15, 0.2) is 0 Å². The van der Waals surface area contributed by atoms with E-state index in [2.05, 4.69) is 5.32 Å². The molecule has 3 N–H and O–H groups in total. The van der Waals surface area contributed by atoms with Crippen LogP contribution in [-0.2, 0) is 41.7 Å². The molecule has 0 spiro atoms. The third kappa shape index (κ3) is 12.2. The molecule has 0 bridgehead atoms. The number of hydrogen-bond donors (Lipinski definition) is 3. The highest BCUT2D eigenvalue weighted by atomic mass is 16.5. The van der Waals surface area contributed by atoms with Gasteiger partial charge >= 0.3 is 23.9 Å². The van der Waals surface area contributed by atoms with Crippen molar-refractivity contribution in [3.05, 3.63) is 83.9 Å². The SMILES string of the molecule is COC(=O)C(CCc1ccccc1)NC(C)C(=O)OCc1ccccc1.O=C(O)C=CC(=O)O. The number of aryl methyl sites for hydroxylation is 1. The van der Waals surface area contributed by atoms with Crippen LogP contribution >= 0.6 is 0 Å². The minimum absolute atomic E-state index is 0.207. The average molecular weight is 472 g/mol. The first-order valence-electron chi connectivity index (χ1n) is 10.4. The van der Waals surface area contributed by atoms with Crippen LogP contribution < -0.4 is 5.32 Å². The molecule has 2 atom stereocenters. The van der Waals surface area contributed by atoms with Gasteiger partial charge in [0.1, 0.15) is 18.7 Å². The number of carbonyl (C=O) groups excluding carboxylic acids is 2. The zero-order chi connectivity index (χ0) is 25.3. The zero-order valence-corrected chi connectivity index (χ0v) is 19.0. The second kappa shape index (κ2) is 15.8. The van der Waals surface area contributed by atoms with Gasteiger partial charge in [-0.1, -0.05) is 60.7 Å². The molecule has 2 unspecified atom stereocenters. The fraction of sp³-hybridized carbons (Fsp3) is 0.280. The summed E-state index contributed by atoms with van der Waals surface area (Å²) in [4.78, 5) is 43.3. The lowest BCUT2D eigenvalue weighted by molar-refractivity contribution is -0.149. The van der Waals surface area contributed by atoms with E-state index in [0.717, 1.165) is 11.1 Å². The van der Waals surface area contributed by atoms with Crippen LogP contribution in [0.2, 0.25) is 0 Å². The Balaban J connectivity index is 0.000000620. The van der Waals surface area contributed by atoms with Gasteiger partial charge in [-0.2, -0.15) is 0 Å². The van der Waals surface area contributed by atoms with Gasteiger partial charge in [0, 0.05) is 12.2 Å². The van der Waals surface area contributed by atoms with Gasteiger partial charge < -0.3 is 19.7 Å². The number of hydrogen-bond acceptors (Lipinski definition) is 7. The predicted octanol–water partition coefficient (Wildman–Crippen LogP) is 2.59. The van der Waals surface area contributed by atoms with E-state index in [1.54, 1.807) is 6.92 Å². The summed E-state index contributed by atoms with van der Waals surface area (Å²) in [6.07, 6.45) is 2.36. The molecule has 0 amide bonds. The summed E-state index contributed by atoms with van der Waals surface area (Å²) in [6, 6.07) is 18.2. The molecular formula is C25H29NO8. The molecule has 2 aromatic rings. The van der Waals surface area contributed by atoms with Crippen LogP contribution in [0.3, 0.4) is 0 Å². The van der Waals surface area contributed by atoms with Crippen LogP contribution in [0.5, 0.6) is 0 Å². The maximum atomic E-state index is 12.2. The molecule has 0 aliphatic rings. The molecule has 0 saturated heterocycles. The second-order valence-electron chi connectivity index (χ2n) is 7.09. The van der Waals surface area contributed by atoms with E-state index >= 15 is 0 Å². The molecule has 2 rings (SSSR count). The standard InChI is InChI=1S/C21H25NO4.C4H4O4/c1-16(20(23)26-15-18-11-7-4-8-12-18)22-19(21(24)25-2)14-13-17-9-5-3-6-10-17;5-3(6)1-2-4(7)8/h3-12,16,19,22H,13-15H2,1-2H3;1-2H,(H,5,6)(H,7,8). The van der Waals surface area contributed by atoms with Crippen LogP contribution in [0.15, 0.2) is 72.8 Å². The van der Waals surface area contributed by atoms with Crippen LogP contribution in [0.4, 0.5) is 0 Å². The quantitative estimate of drug-likeness (QED) is 0.333. The van der Waals surface area contributed by atoms with E-state index in [0.29, 0.717) is 25.0 Å². The molecule has 2 aromatic carbocycles. The van der Waals surface area contributed by atoms with Crippen LogP contribution in [-0.4, -0.2) is 53.3 Å². The summed E-state index contributed by atoms with van der Waals surface area (Å²) >= 11 is 0. The first kappa shape index (κ1) is 28.1. The van der Waals surface area contributed by atoms with Gasteiger partial charge in [0.05, 0.1) is 7.11 Å². The summed E-state index contributed by atoms with van der Waals surface area (Å²) in [5.74, 6) is -3.30. The number of carboxylic acids is 2. The van der Waals surface area contributed by atoms with Crippen molar-refractivity contribution in [1.82, 2.24) is 5.32 Å². The van der Waals surface area contributed by atoms with Crippen molar-refractivity contribution in [3.8, 4) is 0 Å². The van der Waals surface area contributed by atoms with E-state index < -0.39 is 30.0 Å². The highest BCUT2D eigenvalue weighted by Gasteiger charge is 2.25. The normalized spacial score (nSPS) is 12.1. The Morgan fingerprint density at radius 3 is 1.82 bits per heavy atom. The Bertz CT molecular complexity index is 928. The number of rotatable bonds is 11. The highest BCUT2D eigenvalue weighted by Crippen LogP contribution is 2.08. The molecule has 0 saturated carbocycles. The number of ether oxygens (including phenoxy) is 2. The van der Waals surface area contributed by atoms with Crippen molar-refractivity contribution in [2.24, 2.45) is 0 Å². The number of aliphatic carboxylic acids is 2. The minimum atomic E-state index is -1.26. The highest BCUT2D eigenvalue weighted by molar-refractivity contribution is 5.89. The smallest absolute Gasteiger partial charge is 0.328 e. The average Bonchev–Trinajstić information content (AvgIpc) is 2.84. The lowest BCUT2D eigenvalue weighted by atomic mass is 10.0. The fourth-order valence-electron chi connectivity index (χ4n) is 2.73. The fourth-order valence-corrected chi connectivity index (χ4v) is 2.73. The topological polar surface area (TPSA) is 139 Å². The molecule has 0 aliphatic carbocycles. The lowest BCUT2D eigenvalue weighted by Gasteiger charge is -2.20. The first-order chi connectivity index (χ1) is 16.2. The number of nitrogens with one attached hydrogen (secondary N) is 1. The molecule has 9 heteroatoms. The summed E-state index contributed by atoms with van der Waals surface area (Å²) in [5.41, 5.74) is 2.05. The van der Waals surface area contributed by atoms with Crippen LogP contribution in [0.1, 0.15) is 24.5 Å². The van der Waals surface area contributed by atoms with Crippen molar-refractivity contribution in [2.75, 3.05) is 7.11 Å². The molecule has 182 valence electrons. The Labute approximate surface area is 198 Å².